The summed E-state index contributed by atoms with van der Waals surface area (Å²) in [7, 11) is 1.40. The molecule has 0 atom stereocenters. The molecule has 1 heterocycles. The SMILES string of the molecule is COC(=O)CCCCC(C)(C)C(=O)N1CCOCC1. The van der Waals surface area contributed by atoms with Crippen molar-refractivity contribution in [1.82, 2.24) is 4.90 Å². The number of amides is 1. The van der Waals surface area contributed by atoms with E-state index in [1.807, 2.05) is 18.7 Å². The average Bonchev–Trinajstić information content (AvgIpc) is 2.43. The van der Waals surface area contributed by atoms with Gasteiger partial charge in [0.2, 0.25) is 5.91 Å². The molecular weight excluding hydrogens is 246 g/mol. The topological polar surface area (TPSA) is 55.8 Å². The van der Waals surface area contributed by atoms with Crippen LogP contribution in [0.4, 0.5) is 0 Å². The van der Waals surface area contributed by atoms with Gasteiger partial charge in [-0.05, 0) is 12.8 Å². The van der Waals surface area contributed by atoms with Gasteiger partial charge in [0, 0.05) is 24.9 Å². The fourth-order valence-corrected chi connectivity index (χ4v) is 2.24. The van der Waals surface area contributed by atoms with E-state index in [0.29, 0.717) is 32.7 Å². The van der Waals surface area contributed by atoms with Crippen molar-refractivity contribution in [3.05, 3.63) is 0 Å². The van der Waals surface area contributed by atoms with Gasteiger partial charge in [0.15, 0.2) is 0 Å². The molecule has 110 valence electrons. The van der Waals surface area contributed by atoms with Crippen LogP contribution in [-0.2, 0) is 19.1 Å². The van der Waals surface area contributed by atoms with Crippen molar-refractivity contribution in [3.63, 3.8) is 0 Å². The molecule has 0 aromatic heterocycles. The minimum absolute atomic E-state index is 0.183. The maximum Gasteiger partial charge on any atom is 0.305 e. The summed E-state index contributed by atoms with van der Waals surface area (Å²) in [4.78, 5) is 25.3. The molecule has 0 saturated carbocycles. The maximum absolute atomic E-state index is 12.4. The van der Waals surface area contributed by atoms with Gasteiger partial charge in [-0.15, -0.1) is 0 Å². The number of esters is 1. The summed E-state index contributed by atoms with van der Waals surface area (Å²) in [5, 5.41) is 0. The molecule has 5 nitrogen and oxygen atoms in total. The molecule has 0 spiro atoms. The van der Waals surface area contributed by atoms with Crippen LogP contribution in [0.5, 0.6) is 0 Å². The molecular formula is C14H25NO4. The largest absolute Gasteiger partial charge is 0.469 e. The third kappa shape index (κ3) is 5.19. The zero-order valence-corrected chi connectivity index (χ0v) is 12.2. The molecule has 0 aromatic rings. The minimum atomic E-state index is -0.368. The summed E-state index contributed by atoms with van der Waals surface area (Å²) in [6.07, 6.45) is 2.85. The van der Waals surface area contributed by atoms with Crippen LogP contribution < -0.4 is 0 Å². The summed E-state index contributed by atoms with van der Waals surface area (Å²) >= 11 is 0. The first kappa shape index (κ1) is 16.0. The van der Waals surface area contributed by atoms with Gasteiger partial charge in [-0.2, -0.15) is 0 Å². The molecule has 0 N–H and O–H groups in total. The fourth-order valence-electron chi connectivity index (χ4n) is 2.24. The highest BCUT2D eigenvalue weighted by atomic mass is 16.5. The molecule has 0 aliphatic carbocycles. The number of nitrogens with zero attached hydrogens (tertiary/aromatic N) is 1. The Kier molecular flexibility index (Phi) is 6.28. The molecule has 19 heavy (non-hydrogen) atoms. The summed E-state index contributed by atoms with van der Waals surface area (Å²) in [6, 6.07) is 0. The van der Waals surface area contributed by atoms with Crippen LogP contribution >= 0.6 is 0 Å². The standard InChI is InChI=1S/C14H25NO4/c1-14(2,7-5-4-6-12(16)18-3)13(17)15-8-10-19-11-9-15/h4-11H2,1-3H3. The quantitative estimate of drug-likeness (QED) is 0.544. The van der Waals surface area contributed by atoms with E-state index in [2.05, 4.69) is 4.74 Å². The Morgan fingerprint density at radius 3 is 2.42 bits per heavy atom. The first-order valence-electron chi connectivity index (χ1n) is 6.91. The summed E-state index contributed by atoms with van der Waals surface area (Å²) in [6.45, 7) is 6.58. The highest BCUT2D eigenvalue weighted by Crippen LogP contribution is 2.27. The highest BCUT2D eigenvalue weighted by molar-refractivity contribution is 5.82. The molecule has 0 aromatic carbocycles. The van der Waals surface area contributed by atoms with Gasteiger partial charge >= 0.3 is 5.97 Å². The average molecular weight is 271 g/mol. The van der Waals surface area contributed by atoms with Crippen molar-refractivity contribution in [3.8, 4) is 0 Å². The van der Waals surface area contributed by atoms with E-state index in [1.165, 1.54) is 7.11 Å². The number of methoxy groups -OCH3 is 1. The third-order valence-corrected chi connectivity index (χ3v) is 3.54. The molecule has 0 unspecified atom stereocenters. The lowest BCUT2D eigenvalue weighted by molar-refractivity contribution is -0.144. The zero-order chi connectivity index (χ0) is 14.3. The van der Waals surface area contributed by atoms with Crippen molar-refractivity contribution < 1.29 is 19.1 Å². The van der Waals surface area contributed by atoms with Crippen molar-refractivity contribution >= 4 is 11.9 Å². The second-order valence-electron chi connectivity index (χ2n) is 5.57. The highest BCUT2D eigenvalue weighted by Gasteiger charge is 2.32. The van der Waals surface area contributed by atoms with Crippen molar-refractivity contribution in [1.29, 1.82) is 0 Å². The lowest BCUT2D eigenvalue weighted by atomic mass is 9.85. The second-order valence-corrected chi connectivity index (χ2v) is 5.57. The predicted molar refractivity (Wildman–Crippen MR) is 71.7 cm³/mol. The Morgan fingerprint density at radius 2 is 1.84 bits per heavy atom. The first-order valence-corrected chi connectivity index (χ1v) is 6.91. The molecule has 5 heteroatoms. The predicted octanol–water partition coefficient (Wildman–Crippen LogP) is 1.60. The van der Waals surface area contributed by atoms with Gasteiger partial charge in [0.05, 0.1) is 20.3 Å². The summed E-state index contributed by atoms with van der Waals surface area (Å²) in [5.74, 6) is 0.00572. The van der Waals surface area contributed by atoms with Crippen LogP contribution in [0.25, 0.3) is 0 Å². The molecule has 1 aliphatic rings. The fraction of sp³-hybridized carbons (Fsp3) is 0.857. The number of carbonyl (C=O) groups is 2. The maximum atomic E-state index is 12.4. The zero-order valence-electron chi connectivity index (χ0n) is 12.2. The summed E-state index contributed by atoms with van der Waals surface area (Å²) < 4.78 is 9.85. The van der Waals surface area contributed by atoms with Gasteiger partial charge in [0.25, 0.3) is 0 Å². The second kappa shape index (κ2) is 7.48. The van der Waals surface area contributed by atoms with Crippen LogP contribution in [-0.4, -0.2) is 50.2 Å². The summed E-state index contributed by atoms with van der Waals surface area (Å²) in [5.41, 5.74) is -0.368. The number of hydrogen-bond donors (Lipinski definition) is 0. The van der Waals surface area contributed by atoms with Crippen LogP contribution in [0.15, 0.2) is 0 Å². The lowest BCUT2D eigenvalue weighted by Gasteiger charge is -2.34. The van der Waals surface area contributed by atoms with Crippen molar-refractivity contribution in [2.75, 3.05) is 33.4 Å². The van der Waals surface area contributed by atoms with Gasteiger partial charge in [-0.1, -0.05) is 20.3 Å². The lowest BCUT2D eigenvalue weighted by Crippen LogP contribution is -2.46. The molecule has 1 saturated heterocycles. The normalized spacial score (nSPS) is 16.3. The Bertz CT molecular complexity index is 309. The molecule has 1 fully saturated rings. The smallest absolute Gasteiger partial charge is 0.305 e. The van der Waals surface area contributed by atoms with Gasteiger partial charge in [0.1, 0.15) is 0 Å². The third-order valence-electron chi connectivity index (χ3n) is 3.54. The Labute approximate surface area is 115 Å². The number of morpholine rings is 1. The van der Waals surface area contributed by atoms with Crippen LogP contribution in [0.2, 0.25) is 0 Å². The number of carbonyl (C=O) groups excluding carboxylic acids is 2. The molecule has 1 rings (SSSR count). The van der Waals surface area contributed by atoms with Crippen LogP contribution in [0.1, 0.15) is 39.5 Å². The van der Waals surface area contributed by atoms with E-state index in [1.54, 1.807) is 0 Å². The number of ether oxygens (including phenoxy) is 2. The Hall–Kier alpha value is -1.10. The first-order chi connectivity index (χ1) is 8.97. The van der Waals surface area contributed by atoms with Crippen molar-refractivity contribution in [2.24, 2.45) is 5.41 Å². The Morgan fingerprint density at radius 1 is 1.21 bits per heavy atom. The van der Waals surface area contributed by atoms with E-state index >= 15 is 0 Å². The van der Waals surface area contributed by atoms with Crippen molar-refractivity contribution in [2.45, 2.75) is 39.5 Å². The molecule has 1 aliphatic heterocycles. The number of hydrogen-bond acceptors (Lipinski definition) is 4. The van der Waals surface area contributed by atoms with Crippen LogP contribution in [0, 0.1) is 5.41 Å². The molecule has 1 amide bonds. The van der Waals surface area contributed by atoms with E-state index in [4.69, 9.17) is 4.74 Å². The van der Waals surface area contributed by atoms with Gasteiger partial charge in [-0.3, -0.25) is 9.59 Å². The molecule has 0 radical (unpaired) electrons. The number of rotatable bonds is 6. The van der Waals surface area contributed by atoms with E-state index in [0.717, 1.165) is 19.3 Å². The number of unbranched alkanes of at least 4 members (excludes halogenated alkanes) is 1. The van der Waals surface area contributed by atoms with Gasteiger partial charge in [-0.25, -0.2) is 0 Å². The van der Waals surface area contributed by atoms with E-state index in [9.17, 15) is 9.59 Å². The van der Waals surface area contributed by atoms with E-state index in [-0.39, 0.29) is 17.3 Å². The van der Waals surface area contributed by atoms with Gasteiger partial charge < -0.3 is 14.4 Å². The van der Waals surface area contributed by atoms with Crippen LogP contribution in [0.3, 0.4) is 0 Å². The van der Waals surface area contributed by atoms with E-state index < -0.39 is 0 Å². The Balaban J connectivity index is 2.33. The monoisotopic (exact) mass is 271 g/mol. The molecule has 0 bridgehead atoms. The minimum Gasteiger partial charge on any atom is -0.469 e.